The van der Waals surface area contributed by atoms with Crippen molar-refractivity contribution in [1.29, 1.82) is 0 Å². The minimum absolute atomic E-state index is 0.278. The zero-order valence-corrected chi connectivity index (χ0v) is 16.8. The Labute approximate surface area is 175 Å². The van der Waals surface area contributed by atoms with Crippen molar-refractivity contribution in [3.8, 4) is 5.75 Å². The van der Waals surface area contributed by atoms with E-state index >= 15 is 0 Å². The summed E-state index contributed by atoms with van der Waals surface area (Å²) in [6, 6.07) is 20.2. The van der Waals surface area contributed by atoms with Crippen molar-refractivity contribution < 1.29 is 14.3 Å². The fourth-order valence-electron chi connectivity index (χ4n) is 2.27. The summed E-state index contributed by atoms with van der Waals surface area (Å²) in [6.07, 6.45) is 1.37. The first kappa shape index (κ1) is 19.8. The van der Waals surface area contributed by atoms with Gasteiger partial charge in [-0.05, 0) is 54.6 Å². The summed E-state index contributed by atoms with van der Waals surface area (Å²) in [5.74, 6) is -0.593. The van der Waals surface area contributed by atoms with Gasteiger partial charge in [-0.3, -0.25) is 4.79 Å². The standard InChI is InChI=1S/C21H14BrClN2O3/c22-17-8-6-14(7-9-17)20(26)25-24-13-16-12-18(23)10-11-19(16)28-21(27)15-4-2-1-3-5-15/h1-13H,(H,25,26)/b24-13+. The van der Waals surface area contributed by atoms with Crippen LogP contribution in [-0.2, 0) is 0 Å². The van der Waals surface area contributed by atoms with Crippen LogP contribution in [0.5, 0.6) is 5.75 Å². The van der Waals surface area contributed by atoms with Gasteiger partial charge in [-0.15, -0.1) is 0 Å². The van der Waals surface area contributed by atoms with E-state index in [1.54, 1.807) is 66.7 Å². The number of benzene rings is 3. The molecule has 140 valence electrons. The van der Waals surface area contributed by atoms with Gasteiger partial charge in [-0.1, -0.05) is 45.7 Å². The lowest BCUT2D eigenvalue weighted by atomic mass is 10.2. The van der Waals surface area contributed by atoms with Crippen molar-refractivity contribution >= 4 is 45.6 Å². The smallest absolute Gasteiger partial charge is 0.343 e. The molecular formula is C21H14BrClN2O3. The predicted molar refractivity (Wildman–Crippen MR) is 112 cm³/mol. The molecule has 3 rings (SSSR count). The van der Waals surface area contributed by atoms with Crippen molar-refractivity contribution in [3.63, 3.8) is 0 Å². The normalized spacial score (nSPS) is 10.6. The van der Waals surface area contributed by atoms with Gasteiger partial charge in [-0.2, -0.15) is 5.10 Å². The molecule has 0 aliphatic heterocycles. The number of hydrogen-bond acceptors (Lipinski definition) is 4. The molecule has 0 heterocycles. The number of halogens is 2. The van der Waals surface area contributed by atoms with E-state index in [2.05, 4.69) is 26.5 Å². The lowest BCUT2D eigenvalue weighted by Gasteiger charge is -2.08. The first-order valence-electron chi connectivity index (χ1n) is 8.19. The summed E-state index contributed by atoms with van der Waals surface area (Å²) in [6.45, 7) is 0. The number of ether oxygens (including phenoxy) is 1. The number of nitrogens with one attached hydrogen (secondary N) is 1. The van der Waals surface area contributed by atoms with Crippen molar-refractivity contribution in [2.75, 3.05) is 0 Å². The molecule has 0 saturated heterocycles. The minimum Gasteiger partial charge on any atom is -0.422 e. The van der Waals surface area contributed by atoms with Crippen LogP contribution >= 0.6 is 27.5 Å². The van der Waals surface area contributed by atoms with Crippen LogP contribution in [0, 0.1) is 0 Å². The van der Waals surface area contributed by atoms with Gasteiger partial charge in [0.1, 0.15) is 5.75 Å². The Balaban J connectivity index is 1.73. The van der Waals surface area contributed by atoms with E-state index in [1.807, 2.05) is 6.07 Å². The van der Waals surface area contributed by atoms with E-state index in [1.165, 1.54) is 6.21 Å². The van der Waals surface area contributed by atoms with Crippen LogP contribution in [0.3, 0.4) is 0 Å². The average molecular weight is 458 g/mol. The highest BCUT2D eigenvalue weighted by Gasteiger charge is 2.11. The summed E-state index contributed by atoms with van der Waals surface area (Å²) < 4.78 is 6.31. The van der Waals surface area contributed by atoms with Gasteiger partial charge in [0.15, 0.2) is 0 Å². The molecule has 1 N–H and O–H groups in total. The van der Waals surface area contributed by atoms with Crippen LogP contribution in [0.1, 0.15) is 26.3 Å². The zero-order chi connectivity index (χ0) is 19.9. The van der Waals surface area contributed by atoms with Crippen LogP contribution < -0.4 is 10.2 Å². The Morgan fingerprint density at radius 1 is 0.964 bits per heavy atom. The number of rotatable bonds is 5. The van der Waals surface area contributed by atoms with E-state index in [4.69, 9.17) is 16.3 Å². The largest absolute Gasteiger partial charge is 0.422 e. The molecule has 1 amide bonds. The number of nitrogens with zero attached hydrogens (tertiary/aromatic N) is 1. The second-order valence-electron chi connectivity index (χ2n) is 5.64. The summed E-state index contributed by atoms with van der Waals surface area (Å²) in [5.41, 5.74) is 3.76. The van der Waals surface area contributed by atoms with Crippen molar-refractivity contribution in [2.24, 2.45) is 5.10 Å². The molecule has 0 aliphatic carbocycles. The fourth-order valence-corrected chi connectivity index (χ4v) is 2.72. The Bertz CT molecular complexity index is 1020. The highest BCUT2D eigenvalue weighted by atomic mass is 79.9. The lowest BCUT2D eigenvalue weighted by molar-refractivity contribution is 0.0734. The maximum Gasteiger partial charge on any atom is 0.343 e. The number of esters is 1. The Kier molecular flexibility index (Phi) is 6.57. The van der Waals surface area contributed by atoms with Gasteiger partial charge in [0.05, 0.1) is 11.8 Å². The molecule has 0 radical (unpaired) electrons. The SMILES string of the molecule is O=C(N/N=C/c1cc(Cl)ccc1OC(=O)c1ccccc1)c1ccc(Br)cc1. The molecule has 3 aromatic rings. The Morgan fingerprint density at radius 3 is 2.39 bits per heavy atom. The number of carbonyl (C=O) groups excluding carboxylic acids is 2. The van der Waals surface area contributed by atoms with Gasteiger partial charge in [-0.25, -0.2) is 10.2 Å². The topological polar surface area (TPSA) is 67.8 Å². The van der Waals surface area contributed by atoms with E-state index in [-0.39, 0.29) is 11.7 Å². The van der Waals surface area contributed by atoms with Crippen LogP contribution in [0.2, 0.25) is 5.02 Å². The van der Waals surface area contributed by atoms with Gasteiger partial charge in [0.25, 0.3) is 5.91 Å². The summed E-state index contributed by atoms with van der Waals surface area (Å²) in [7, 11) is 0. The molecule has 5 nitrogen and oxygen atoms in total. The quantitative estimate of drug-likeness (QED) is 0.251. The molecule has 0 aliphatic rings. The fraction of sp³-hybridized carbons (Fsp3) is 0. The summed E-state index contributed by atoms with van der Waals surface area (Å²) >= 11 is 9.34. The second-order valence-corrected chi connectivity index (χ2v) is 7.00. The van der Waals surface area contributed by atoms with Gasteiger partial charge in [0.2, 0.25) is 0 Å². The van der Waals surface area contributed by atoms with E-state index in [0.29, 0.717) is 21.7 Å². The molecule has 0 aromatic heterocycles. The lowest BCUT2D eigenvalue weighted by Crippen LogP contribution is -2.17. The van der Waals surface area contributed by atoms with Crippen molar-refractivity contribution in [3.05, 3.63) is 99.0 Å². The molecule has 28 heavy (non-hydrogen) atoms. The number of amides is 1. The number of hydrazone groups is 1. The van der Waals surface area contributed by atoms with E-state index in [9.17, 15) is 9.59 Å². The number of carbonyl (C=O) groups is 2. The molecule has 0 unspecified atom stereocenters. The van der Waals surface area contributed by atoms with Crippen LogP contribution in [0.15, 0.2) is 82.4 Å². The second kappa shape index (κ2) is 9.30. The third kappa shape index (κ3) is 5.28. The Hall–Kier alpha value is -2.96. The van der Waals surface area contributed by atoms with E-state index in [0.717, 1.165) is 4.47 Å². The maximum atomic E-state index is 12.3. The third-order valence-electron chi connectivity index (χ3n) is 3.66. The van der Waals surface area contributed by atoms with Gasteiger partial charge < -0.3 is 4.74 Å². The zero-order valence-electron chi connectivity index (χ0n) is 14.4. The van der Waals surface area contributed by atoms with Crippen molar-refractivity contribution in [2.45, 2.75) is 0 Å². The van der Waals surface area contributed by atoms with Crippen LogP contribution in [0.4, 0.5) is 0 Å². The molecule has 3 aromatic carbocycles. The first-order valence-corrected chi connectivity index (χ1v) is 9.36. The Morgan fingerprint density at radius 2 is 1.68 bits per heavy atom. The van der Waals surface area contributed by atoms with Crippen LogP contribution in [-0.4, -0.2) is 18.1 Å². The summed E-state index contributed by atoms with van der Waals surface area (Å²) in [4.78, 5) is 24.4. The van der Waals surface area contributed by atoms with Gasteiger partial charge in [0, 0.05) is 20.6 Å². The maximum absolute atomic E-state index is 12.3. The average Bonchev–Trinajstić information content (AvgIpc) is 2.71. The van der Waals surface area contributed by atoms with Gasteiger partial charge >= 0.3 is 5.97 Å². The monoisotopic (exact) mass is 456 g/mol. The molecule has 0 saturated carbocycles. The number of hydrogen-bond donors (Lipinski definition) is 1. The van der Waals surface area contributed by atoms with Crippen molar-refractivity contribution in [1.82, 2.24) is 5.43 Å². The van der Waals surface area contributed by atoms with Crippen LogP contribution in [0.25, 0.3) is 0 Å². The molecule has 0 fully saturated rings. The summed E-state index contributed by atoms with van der Waals surface area (Å²) in [5, 5.41) is 4.38. The third-order valence-corrected chi connectivity index (χ3v) is 4.42. The predicted octanol–water partition coefficient (Wildman–Crippen LogP) is 5.09. The molecule has 0 atom stereocenters. The molecule has 7 heteroatoms. The molecule has 0 spiro atoms. The molecule has 0 bridgehead atoms. The first-order chi connectivity index (χ1) is 13.5. The highest BCUT2D eigenvalue weighted by molar-refractivity contribution is 9.10. The molecular weight excluding hydrogens is 444 g/mol. The highest BCUT2D eigenvalue weighted by Crippen LogP contribution is 2.22. The minimum atomic E-state index is -0.503. The van der Waals surface area contributed by atoms with E-state index < -0.39 is 5.97 Å².